The average Bonchev–Trinajstić information content (AvgIpc) is 3.09. The molecule has 2 heterocycles. The van der Waals surface area contributed by atoms with Crippen LogP contribution >= 0.6 is 0 Å². The van der Waals surface area contributed by atoms with E-state index in [9.17, 15) is 9.18 Å². The molecule has 0 radical (unpaired) electrons. The molecule has 1 aromatic heterocycles. The van der Waals surface area contributed by atoms with Gasteiger partial charge in [0.1, 0.15) is 6.17 Å². The average molecular weight is 329 g/mol. The summed E-state index contributed by atoms with van der Waals surface area (Å²) >= 11 is 0. The summed E-state index contributed by atoms with van der Waals surface area (Å²) in [5.41, 5.74) is 0. The molecule has 0 aromatic carbocycles. The van der Waals surface area contributed by atoms with Gasteiger partial charge in [-0.1, -0.05) is 5.10 Å². The maximum absolute atomic E-state index is 13.8. The van der Waals surface area contributed by atoms with Crippen LogP contribution < -0.4 is 10.2 Å². The summed E-state index contributed by atoms with van der Waals surface area (Å²) in [6, 6.07) is -0.0982. The van der Waals surface area contributed by atoms with Crippen LogP contribution in [0.4, 0.5) is 15.2 Å². The lowest BCUT2D eigenvalue weighted by molar-refractivity contribution is 0.146. The number of carbonyl (C=O) groups excluding carboxylic acids is 1. The molecule has 1 N–H and O–H groups in total. The van der Waals surface area contributed by atoms with E-state index in [0.29, 0.717) is 44.6 Å². The van der Waals surface area contributed by atoms with Crippen LogP contribution in [0.25, 0.3) is 0 Å². The monoisotopic (exact) mass is 329 g/mol. The van der Waals surface area contributed by atoms with E-state index in [4.69, 9.17) is 9.15 Å². The molecule has 23 heavy (non-hydrogen) atoms. The van der Waals surface area contributed by atoms with Crippen molar-refractivity contribution in [2.45, 2.75) is 32.5 Å². The number of nitrogens with one attached hydrogen (secondary N) is 1. The molecule has 1 saturated heterocycles. The van der Waals surface area contributed by atoms with Crippen molar-refractivity contribution in [3.63, 3.8) is 0 Å². The summed E-state index contributed by atoms with van der Waals surface area (Å²) in [6.45, 7) is 5.69. The molecule has 1 fully saturated rings. The number of aromatic nitrogens is 2. The molecule has 1 aliphatic rings. The van der Waals surface area contributed by atoms with Gasteiger partial charge >= 0.3 is 12.0 Å². The van der Waals surface area contributed by atoms with Crippen molar-refractivity contribution >= 4 is 12.0 Å². The number of hydrogen-bond donors (Lipinski definition) is 1. The van der Waals surface area contributed by atoms with Crippen LogP contribution in [0.15, 0.2) is 4.42 Å². The minimum absolute atomic E-state index is 0.188. The lowest BCUT2D eigenvalue weighted by Crippen LogP contribution is -2.45. The Bertz CT molecular complexity index is 512. The quantitative estimate of drug-likeness (QED) is 0.751. The zero-order valence-corrected chi connectivity index (χ0v) is 13.8. The zero-order chi connectivity index (χ0) is 16.8. The number of aryl methyl sites for hydroxylation is 1. The number of ether oxygens (including phenoxy) is 1. The Morgan fingerprint density at radius 1 is 1.57 bits per heavy atom. The molecule has 130 valence electrons. The summed E-state index contributed by atoms with van der Waals surface area (Å²) in [5, 5.41) is 10.5. The highest BCUT2D eigenvalue weighted by Gasteiger charge is 2.36. The summed E-state index contributed by atoms with van der Waals surface area (Å²) in [4.78, 5) is 15.3. The Morgan fingerprint density at radius 3 is 3.00 bits per heavy atom. The number of hydrogen-bond acceptors (Lipinski definition) is 6. The number of anilines is 1. The third-order valence-electron chi connectivity index (χ3n) is 3.68. The molecule has 8 nitrogen and oxygen atoms in total. The highest BCUT2D eigenvalue weighted by atomic mass is 19.1. The smallest absolute Gasteiger partial charge is 0.318 e. The highest BCUT2D eigenvalue weighted by molar-refractivity contribution is 5.73. The fraction of sp³-hybridized carbons (Fsp3) is 0.786. The number of amides is 2. The number of likely N-dealkylation sites (N-methyl/N-ethyl adjacent to an activating group) is 1. The van der Waals surface area contributed by atoms with Crippen LogP contribution in [0.1, 0.15) is 19.2 Å². The number of rotatable bonds is 7. The molecule has 0 unspecified atom stereocenters. The summed E-state index contributed by atoms with van der Waals surface area (Å²) in [5.74, 6) is 0.433. The molecule has 1 aromatic rings. The number of nitrogens with zero attached hydrogens (tertiary/aromatic N) is 4. The van der Waals surface area contributed by atoms with Crippen LogP contribution in [-0.4, -0.2) is 73.2 Å². The Labute approximate surface area is 135 Å². The van der Waals surface area contributed by atoms with Gasteiger partial charge in [0.25, 0.3) is 0 Å². The van der Waals surface area contributed by atoms with E-state index in [1.165, 1.54) is 4.90 Å². The van der Waals surface area contributed by atoms with Crippen LogP contribution in [0, 0.1) is 6.92 Å². The predicted octanol–water partition coefficient (Wildman–Crippen LogP) is 0.973. The first-order chi connectivity index (χ1) is 11.0. The predicted molar refractivity (Wildman–Crippen MR) is 82.2 cm³/mol. The lowest BCUT2D eigenvalue weighted by atomic mass is 10.2. The third-order valence-corrected chi connectivity index (χ3v) is 3.68. The maximum Gasteiger partial charge on any atom is 0.318 e. The number of halogens is 1. The van der Waals surface area contributed by atoms with Gasteiger partial charge < -0.3 is 24.3 Å². The van der Waals surface area contributed by atoms with E-state index in [2.05, 4.69) is 15.5 Å². The minimum Gasteiger partial charge on any atom is -0.408 e. The van der Waals surface area contributed by atoms with E-state index in [-0.39, 0.29) is 18.6 Å². The largest absolute Gasteiger partial charge is 0.408 e. The Morgan fingerprint density at radius 2 is 2.35 bits per heavy atom. The second-order valence-electron chi connectivity index (χ2n) is 5.55. The Hall–Kier alpha value is -1.90. The van der Waals surface area contributed by atoms with Gasteiger partial charge in [0, 0.05) is 40.1 Å². The van der Waals surface area contributed by atoms with Crippen molar-refractivity contribution in [1.82, 2.24) is 20.4 Å². The van der Waals surface area contributed by atoms with Crippen molar-refractivity contribution < 1.29 is 18.3 Å². The first-order valence-electron chi connectivity index (χ1n) is 7.78. The second-order valence-corrected chi connectivity index (χ2v) is 5.55. The number of alkyl halides is 1. The first kappa shape index (κ1) is 17.5. The second kappa shape index (κ2) is 8.09. The summed E-state index contributed by atoms with van der Waals surface area (Å²) in [7, 11) is 1.68. The van der Waals surface area contributed by atoms with Gasteiger partial charge in [0.05, 0.1) is 19.2 Å². The van der Waals surface area contributed by atoms with Gasteiger partial charge in [-0.05, 0) is 6.92 Å². The molecule has 2 amide bonds. The fourth-order valence-electron chi connectivity index (χ4n) is 2.58. The highest BCUT2D eigenvalue weighted by Crippen LogP contribution is 2.26. The van der Waals surface area contributed by atoms with Crippen LogP contribution in [-0.2, 0) is 4.74 Å². The van der Waals surface area contributed by atoms with Gasteiger partial charge in [0.2, 0.25) is 5.89 Å². The fourth-order valence-corrected chi connectivity index (χ4v) is 2.58. The number of urea groups is 1. The Kier molecular flexibility index (Phi) is 6.14. The van der Waals surface area contributed by atoms with Gasteiger partial charge in [-0.15, -0.1) is 5.10 Å². The molecular weight excluding hydrogens is 305 g/mol. The van der Waals surface area contributed by atoms with Crippen molar-refractivity contribution in [2.24, 2.45) is 0 Å². The summed E-state index contributed by atoms with van der Waals surface area (Å²) < 4.78 is 24.3. The number of carbonyl (C=O) groups is 1. The van der Waals surface area contributed by atoms with Crippen LogP contribution in [0.2, 0.25) is 0 Å². The van der Waals surface area contributed by atoms with E-state index in [1.807, 2.05) is 6.92 Å². The van der Waals surface area contributed by atoms with Crippen molar-refractivity contribution in [3.8, 4) is 0 Å². The standard InChI is InChI=1S/C14H24FN5O3/c1-4-22-6-5-16-13(21)19(3)9-12-7-11(15)8-20(12)14-18-17-10(2)23-14/h11-12H,4-9H2,1-3H3,(H,16,21)/t11-,12-/m0/s1. The van der Waals surface area contributed by atoms with Gasteiger partial charge in [-0.3, -0.25) is 0 Å². The zero-order valence-electron chi connectivity index (χ0n) is 13.8. The van der Waals surface area contributed by atoms with Crippen molar-refractivity contribution in [2.75, 3.05) is 44.8 Å². The summed E-state index contributed by atoms with van der Waals surface area (Å²) in [6.07, 6.45) is -0.639. The lowest BCUT2D eigenvalue weighted by Gasteiger charge is -2.27. The van der Waals surface area contributed by atoms with Gasteiger partial charge in [-0.25, -0.2) is 9.18 Å². The van der Waals surface area contributed by atoms with Crippen molar-refractivity contribution in [3.05, 3.63) is 5.89 Å². The molecule has 2 rings (SSSR count). The van der Waals surface area contributed by atoms with Crippen molar-refractivity contribution in [1.29, 1.82) is 0 Å². The molecule has 2 atom stereocenters. The molecular formula is C14H24FN5O3. The maximum atomic E-state index is 13.8. The first-order valence-corrected chi connectivity index (χ1v) is 7.78. The van der Waals surface area contributed by atoms with E-state index < -0.39 is 6.17 Å². The molecule has 0 saturated carbocycles. The van der Waals surface area contributed by atoms with Crippen LogP contribution in [0.5, 0.6) is 0 Å². The normalized spacial score (nSPS) is 20.8. The molecule has 0 spiro atoms. The molecule has 0 aliphatic carbocycles. The Balaban J connectivity index is 1.87. The van der Waals surface area contributed by atoms with E-state index in [1.54, 1.807) is 18.9 Å². The third kappa shape index (κ3) is 4.78. The van der Waals surface area contributed by atoms with Gasteiger partial charge in [-0.2, -0.15) is 0 Å². The van der Waals surface area contributed by atoms with E-state index >= 15 is 0 Å². The SMILES string of the molecule is CCOCCNC(=O)N(C)C[C@@H]1C[C@H](F)CN1c1nnc(C)o1. The molecule has 9 heteroatoms. The molecule has 0 bridgehead atoms. The van der Waals surface area contributed by atoms with Crippen LogP contribution in [0.3, 0.4) is 0 Å². The molecule has 1 aliphatic heterocycles. The topological polar surface area (TPSA) is 83.7 Å². The minimum atomic E-state index is -0.971. The van der Waals surface area contributed by atoms with Gasteiger partial charge in [0.15, 0.2) is 0 Å². The van der Waals surface area contributed by atoms with E-state index in [0.717, 1.165) is 0 Å².